The van der Waals surface area contributed by atoms with Crippen molar-refractivity contribution in [1.29, 1.82) is 0 Å². The summed E-state index contributed by atoms with van der Waals surface area (Å²) >= 11 is 0. The Balaban J connectivity index is 2.20. The van der Waals surface area contributed by atoms with Crippen LogP contribution < -0.4 is 5.32 Å². The van der Waals surface area contributed by atoms with Crippen molar-refractivity contribution in [3.8, 4) is 0 Å². The summed E-state index contributed by atoms with van der Waals surface area (Å²) in [6.45, 7) is 1.99. The number of amides is 2. The van der Waals surface area contributed by atoms with Crippen LogP contribution >= 0.6 is 0 Å². The summed E-state index contributed by atoms with van der Waals surface area (Å²) in [6.07, 6.45) is 3.01. The molecule has 0 radical (unpaired) electrons. The number of hydrogen-bond acceptors (Lipinski definition) is 4. The Labute approximate surface area is 124 Å². The van der Waals surface area contributed by atoms with Gasteiger partial charge in [0.1, 0.15) is 0 Å². The first kappa shape index (κ1) is 15.8. The zero-order valence-electron chi connectivity index (χ0n) is 12.2. The van der Waals surface area contributed by atoms with Gasteiger partial charge in [0.05, 0.1) is 11.5 Å². The fraction of sp³-hybridized carbons (Fsp3) is 0.500. The van der Waals surface area contributed by atoms with Gasteiger partial charge >= 0.3 is 6.03 Å². The van der Waals surface area contributed by atoms with Crippen molar-refractivity contribution in [2.24, 2.45) is 0 Å². The molecule has 0 saturated heterocycles. The molecule has 1 aliphatic rings. The van der Waals surface area contributed by atoms with Gasteiger partial charge in [0.15, 0.2) is 9.84 Å². The van der Waals surface area contributed by atoms with E-state index in [0.29, 0.717) is 5.69 Å². The molecule has 0 atom stereocenters. The molecule has 1 aromatic carbocycles. The molecular weight excluding hydrogens is 292 g/mol. The summed E-state index contributed by atoms with van der Waals surface area (Å²) in [4.78, 5) is 14.0. The predicted octanol–water partition coefficient (Wildman–Crippen LogP) is 1.39. The number of aliphatic hydroxyl groups excluding tert-OH is 1. The SMILES string of the molecule is Cc1ccc(S(C)(=O)=O)cc1NC(=O)N(CCO)C1CC1. The first-order chi connectivity index (χ1) is 9.82. The Kier molecular flexibility index (Phi) is 4.53. The molecule has 2 rings (SSSR count). The van der Waals surface area contributed by atoms with Gasteiger partial charge in [-0.3, -0.25) is 0 Å². The highest BCUT2D eigenvalue weighted by Gasteiger charge is 2.32. The van der Waals surface area contributed by atoms with Gasteiger partial charge in [-0.2, -0.15) is 0 Å². The molecule has 1 aromatic rings. The first-order valence-corrected chi connectivity index (χ1v) is 8.71. The third kappa shape index (κ3) is 3.95. The van der Waals surface area contributed by atoms with E-state index in [0.717, 1.165) is 24.7 Å². The molecule has 6 nitrogen and oxygen atoms in total. The highest BCUT2D eigenvalue weighted by atomic mass is 32.2. The van der Waals surface area contributed by atoms with E-state index < -0.39 is 9.84 Å². The van der Waals surface area contributed by atoms with Crippen molar-refractivity contribution in [3.05, 3.63) is 23.8 Å². The van der Waals surface area contributed by atoms with Crippen LogP contribution in [0.25, 0.3) is 0 Å². The fourth-order valence-corrected chi connectivity index (χ4v) is 2.74. The number of hydrogen-bond donors (Lipinski definition) is 2. The summed E-state index contributed by atoms with van der Waals surface area (Å²) < 4.78 is 23.2. The number of aliphatic hydroxyl groups is 1. The van der Waals surface area contributed by atoms with E-state index in [1.165, 1.54) is 12.1 Å². The second kappa shape index (κ2) is 6.03. The third-order valence-corrected chi connectivity index (χ3v) is 4.58. The second-order valence-electron chi connectivity index (χ2n) is 5.33. The number of carbonyl (C=O) groups is 1. The molecule has 1 aliphatic carbocycles. The minimum absolute atomic E-state index is 0.0910. The van der Waals surface area contributed by atoms with E-state index in [9.17, 15) is 13.2 Å². The molecule has 2 amide bonds. The number of anilines is 1. The van der Waals surface area contributed by atoms with E-state index in [2.05, 4.69) is 5.32 Å². The molecule has 7 heteroatoms. The smallest absolute Gasteiger partial charge is 0.322 e. The van der Waals surface area contributed by atoms with Crippen LogP contribution in [0.2, 0.25) is 0 Å². The maximum Gasteiger partial charge on any atom is 0.322 e. The number of benzene rings is 1. The lowest BCUT2D eigenvalue weighted by Crippen LogP contribution is -2.38. The molecule has 0 aliphatic heterocycles. The topological polar surface area (TPSA) is 86.7 Å². The summed E-state index contributed by atoms with van der Waals surface area (Å²) in [7, 11) is -3.32. The van der Waals surface area contributed by atoms with Crippen molar-refractivity contribution >= 4 is 21.6 Å². The Morgan fingerprint density at radius 3 is 2.62 bits per heavy atom. The minimum Gasteiger partial charge on any atom is -0.395 e. The lowest BCUT2D eigenvalue weighted by molar-refractivity contribution is 0.185. The Morgan fingerprint density at radius 2 is 2.10 bits per heavy atom. The summed E-state index contributed by atoms with van der Waals surface area (Å²) in [6, 6.07) is 4.52. The summed E-state index contributed by atoms with van der Waals surface area (Å²) in [5.41, 5.74) is 1.27. The van der Waals surface area contributed by atoms with Gasteiger partial charge in [0.25, 0.3) is 0 Å². The van der Waals surface area contributed by atoms with Crippen LogP contribution in [-0.2, 0) is 9.84 Å². The number of rotatable bonds is 5. The average molecular weight is 312 g/mol. The number of carbonyl (C=O) groups excluding carboxylic acids is 1. The van der Waals surface area contributed by atoms with Gasteiger partial charge in [-0.05, 0) is 37.5 Å². The van der Waals surface area contributed by atoms with Crippen molar-refractivity contribution in [2.75, 3.05) is 24.7 Å². The highest BCUT2D eigenvalue weighted by Crippen LogP contribution is 2.28. The van der Waals surface area contributed by atoms with Crippen LogP contribution in [0.15, 0.2) is 23.1 Å². The van der Waals surface area contributed by atoms with E-state index in [1.54, 1.807) is 17.9 Å². The molecule has 0 heterocycles. The van der Waals surface area contributed by atoms with Crippen LogP contribution in [0.4, 0.5) is 10.5 Å². The van der Waals surface area contributed by atoms with Crippen LogP contribution in [-0.4, -0.2) is 49.9 Å². The van der Waals surface area contributed by atoms with Crippen molar-refractivity contribution < 1.29 is 18.3 Å². The summed E-state index contributed by atoms with van der Waals surface area (Å²) in [5.74, 6) is 0. The second-order valence-corrected chi connectivity index (χ2v) is 7.34. The molecule has 116 valence electrons. The summed E-state index contributed by atoms with van der Waals surface area (Å²) in [5, 5.41) is 11.8. The number of sulfone groups is 1. The normalized spacial score (nSPS) is 14.8. The Morgan fingerprint density at radius 1 is 1.43 bits per heavy atom. The van der Waals surface area contributed by atoms with Crippen LogP contribution in [0.3, 0.4) is 0 Å². The number of nitrogens with one attached hydrogen (secondary N) is 1. The molecule has 21 heavy (non-hydrogen) atoms. The molecule has 1 fully saturated rings. The molecule has 0 unspecified atom stereocenters. The lowest BCUT2D eigenvalue weighted by Gasteiger charge is -2.22. The van der Waals surface area contributed by atoms with E-state index in [1.807, 2.05) is 0 Å². The maximum absolute atomic E-state index is 12.3. The quantitative estimate of drug-likeness (QED) is 0.860. The largest absolute Gasteiger partial charge is 0.395 e. The minimum atomic E-state index is -3.32. The lowest BCUT2D eigenvalue weighted by atomic mass is 10.2. The van der Waals surface area contributed by atoms with Crippen molar-refractivity contribution in [3.63, 3.8) is 0 Å². The van der Waals surface area contributed by atoms with Gasteiger partial charge < -0.3 is 15.3 Å². The molecule has 0 bridgehead atoms. The Bertz CT molecular complexity index is 638. The van der Waals surface area contributed by atoms with Crippen LogP contribution in [0.5, 0.6) is 0 Å². The molecule has 0 spiro atoms. The van der Waals surface area contributed by atoms with Gasteiger partial charge in [-0.25, -0.2) is 13.2 Å². The highest BCUT2D eigenvalue weighted by molar-refractivity contribution is 7.90. The van der Waals surface area contributed by atoms with Gasteiger partial charge in [-0.1, -0.05) is 6.07 Å². The van der Waals surface area contributed by atoms with Gasteiger partial charge in [0.2, 0.25) is 0 Å². The maximum atomic E-state index is 12.3. The monoisotopic (exact) mass is 312 g/mol. The van der Waals surface area contributed by atoms with E-state index in [-0.39, 0.29) is 30.1 Å². The zero-order valence-corrected chi connectivity index (χ0v) is 13.0. The van der Waals surface area contributed by atoms with Gasteiger partial charge in [0, 0.05) is 24.5 Å². The van der Waals surface area contributed by atoms with Crippen molar-refractivity contribution in [2.45, 2.75) is 30.7 Å². The molecular formula is C14H20N2O4S. The average Bonchev–Trinajstić information content (AvgIpc) is 3.21. The number of aryl methyl sites for hydroxylation is 1. The Hall–Kier alpha value is -1.60. The third-order valence-electron chi connectivity index (χ3n) is 3.47. The fourth-order valence-electron chi connectivity index (χ4n) is 2.10. The first-order valence-electron chi connectivity index (χ1n) is 6.82. The molecule has 0 aromatic heterocycles. The van der Waals surface area contributed by atoms with E-state index >= 15 is 0 Å². The van der Waals surface area contributed by atoms with Crippen molar-refractivity contribution in [1.82, 2.24) is 4.90 Å². The van der Waals surface area contributed by atoms with Crippen LogP contribution in [0, 0.1) is 6.92 Å². The molecule has 2 N–H and O–H groups in total. The number of urea groups is 1. The van der Waals surface area contributed by atoms with Crippen LogP contribution in [0.1, 0.15) is 18.4 Å². The number of nitrogens with zero attached hydrogens (tertiary/aromatic N) is 1. The van der Waals surface area contributed by atoms with E-state index in [4.69, 9.17) is 5.11 Å². The standard InChI is InChI=1S/C14H20N2O4S/c1-10-3-6-12(21(2,19)20)9-13(10)15-14(18)16(7-8-17)11-4-5-11/h3,6,9,11,17H,4-5,7-8H2,1-2H3,(H,15,18). The predicted molar refractivity (Wildman–Crippen MR) is 80.1 cm³/mol. The van der Waals surface area contributed by atoms with Gasteiger partial charge in [-0.15, -0.1) is 0 Å². The zero-order chi connectivity index (χ0) is 15.6. The molecule has 1 saturated carbocycles.